The van der Waals surface area contributed by atoms with Crippen LogP contribution in [0, 0.1) is 0 Å². The molecule has 0 aliphatic heterocycles. The zero-order valence-corrected chi connectivity index (χ0v) is 11.6. The number of hydrogen-bond acceptors (Lipinski definition) is 4. The van der Waals surface area contributed by atoms with E-state index < -0.39 is 0 Å². The van der Waals surface area contributed by atoms with Crippen molar-refractivity contribution in [3.8, 4) is 11.4 Å². The molecule has 0 atom stereocenters. The second kappa shape index (κ2) is 4.15. The zero-order valence-electron chi connectivity index (χ0n) is 11.6. The predicted molar refractivity (Wildman–Crippen MR) is 71.2 cm³/mol. The fourth-order valence-corrected chi connectivity index (χ4v) is 1.70. The van der Waals surface area contributed by atoms with Gasteiger partial charge in [0.25, 0.3) is 0 Å². The van der Waals surface area contributed by atoms with Crippen LogP contribution in [0.2, 0.25) is 0 Å². The van der Waals surface area contributed by atoms with Crippen molar-refractivity contribution in [2.45, 2.75) is 46.1 Å². The topological polar surface area (TPSA) is 69.9 Å². The minimum atomic E-state index is -0.0581. The SMILES string of the molecule is CC(C)n1nc(-c2cc(C(C)(C)C)on2)cc1N. The van der Waals surface area contributed by atoms with E-state index in [2.05, 4.69) is 31.0 Å². The van der Waals surface area contributed by atoms with E-state index in [0.717, 1.165) is 17.1 Å². The van der Waals surface area contributed by atoms with Crippen molar-refractivity contribution in [2.75, 3.05) is 5.73 Å². The highest BCUT2D eigenvalue weighted by Crippen LogP contribution is 2.28. The Kier molecular flexibility index (Phi) is 2.92. The summed E-state index contributed by atoms with van der Waals surface area (Å²) in [7, 11) is 0. The summed E-state index contributed by atoms with van der Waals surface area (Å²) in [6, 6.07) is 3.98. The largest absolute Gasteiger partial charge is 0.384 e. The quantitative estimate of drug-likeness (QED) is 0.887. The van der Waals surface area contributed by atoms with Crippen LogP contribution in [-0.4, -0.2) is 14.9 Å². The first-order valence-corrected chi connectivity index (χ1v) is 6.11. The van der Waals surface area contributed by atoms with E-state index >= 15 is 0 Å². The summed E-state index contributed by atoms with van der Waals surface area (Å²) in [5.74, 6) is 1.48. The van der Waals surface area contributed by atoms with Gasteiger partial charge >= 0.3 is 0 Å². The molecule has 0 aromatic carbocycles. The van der Waals surface area contributed by atoms with Gasteiger partial charge in [-0.15, -0.1) is 0 Å². The van der Waals surface area contributed by atoms with E-state index in [9.17, 15) is 0 Å². The molecule has 0 radical (unpaired) electrons. The van der Waals surface area contributed by atoms with Gasteiger partial charge in [-0.05, 0) is 13.8 Å². The van der Waals surface area contributed by atoms with Crippen molar-refractivity contribution in [1.82, 2.24) is 14.9 Å². The van der Waals surface area contributed by atoms with E-state index in [1.54, 1.807) is 4.68 Å². The number of hydrogen-bond donors (Lipinski definition) is 1. The van der Waals surface area contributed by atoms with Crippen molar-refractivity contribution >= 4 is 5.82 Å². The van der Waals surface area contributed by atoms with Gasteiger partial charge in [0, 0.05) is 23.6 Å². The molecule has 5 heteroatoms. The van der Waals surface area contributed by atoms with Gasteiger partial charge in [0.1, 0.15) is 23.0 Å². The van der Waals surface area contributed by atoms with E-state index in [-0.39, 0.29) is 11.5 Å². The van der Waals surface area contributed by atoms with E-state index in [0.29, 0.717) is 5.82 Å². The maximum atomic E-state index is 5.91. The average Bonchev–Trinajstić information content (AvgIpc) is 2.81. The molecule has 0 spiro atoms. The predicted octanol–water partition coefficient (Wildman–Crippen LogP) is 3.00. The highest BCUT2D eigenvalue weighted by Gasteiger charge is 2.21. The lowest BCUT2D eigenvalue weighted by Gasteiger charge is -2.12. The minimum Gasteiger partial charge on any atom is -0.384 e. The van der Waals surface area contributed by atoms with Crippen LogP contribution in [0.15, 0.2) is 16.7 Å². The Bertz CT molecular complexity index is 546. The fraction of sp³-hybridized carbons (Fsp3) is 0.538. The lowest BCUT2D eigenvalue weighted by Crippen LogP contribution is -2.09. The number of rotatable bonds is 2. The first-order chi connectivity index (χ1) is 8.29. The van der Waals surface area contributed by atoms with Gasteiger partial charge in [0.15, 0.2) is 0 Å². The Labute approximate surface area is 107 Å². The Morgan fingerprint density at radius 1 is 1.22 bits per heavy atom. The number of nitrogens with zero attached hydrogens (tertiary/aromatic N) is 3. The van der Waals surface area contributed by atoms with Crippen LogP contribution in [0.5, 0.6) is 0 Å². The second-order valence-corrected chi connectivity index (χ2v) is 5.82. The van der Waals surface area contributed by atoms with Gasteiger partial charge in [0.05, 0.1) is 0 Å². The van der Waals surface area contributed by atoms with Gasteiger partial charge in [0.2, 0.25) is 0 Å². The van der Waals surface area contributed by atoms with E-state index in [1.165, 1.54) is 0 Å². The summed E-state index contributed by atoms with van der Waals surface area (Å²) in [5, 5.41) is 8.50. The molecule has 0 unspecified atom stereocenters. The maximum absolute atomic E-state index is 5.91. The molecular weight excluding hydrogens is 228 g/mol. The lowest BCUT2D eigenvalue weighted by atomic mass is 9.93. The summed E-state index contributed by atoms with van der Waals surface area (Å²) in [6.45, 7) is 10.3. The van der Waals surface area contributed by atoms with E-state index in [4.69, 9.17) is 10.3 Å². The number of anilines is 1. The monoisotopic (exact) mass is 248 g/mol. The lowest BCUT2D eigenvalue weighted by molar-refractivity contribution is 0.330. The molecule has 0 saturated heterocycles. The van der Waals surface area contributed by atoms with Crippen LogP contribution in [0.1, 0.15) is 46.4 Å². The van der Waals surface area contributed by atoms with Gasteiger partial charge in [-0.1, -0.05) is 25.9 Å². The number of aromatic nitrogens is 3. The third-order valence-electron chi connectivity index (χ3n) is 2.77. The molecule has 2 rings (SSSR count). The Balaban J connectivity index is 2.38. The molecule has 98 valence electrons. The minimum absolute atomic E-state index is 0.0581. The molecule has 5 nitrogen and oxygen atoms in total. The zero-order chi connectivity index (χ0) is 13.5. The molecule has 18 heavy (non-hydrogen) atoms. The molecule has 0 saturated carbocycles. The summed E-state index contributed by atoms with van der Waals surface area (Å²) in [5.41, 5.74) is 7.33. The normalized spacial score (nSPS) is 12.3. The Morgan fingerprint density at radius 2 is 1.89 bits per heavy atom. The van der Waals surface area contributed by atoms with Crippen LogP contribution in [0.3, 0.4) is 0 Å². The first-order valence-electron chi connectivity index (χ1n) is 6.11. The highest BCUT2D eigenvalue weighted by atomic mass is 16.5. The summed E-state index contributed by atoms with van der Waals surface area (Å²) >= 11 is 0. The van der Waals surface area contributed by atoms with Gasteiger partial charge in [-0.25, -0.2) is 4.68 Å². The van der Waals surface area contributed by atoms with Crippen LogP contribution in [0.25, 0.3) is 11.4 Å². The van der Waals surface area contributed by atoms with Gasteiger partial charge in [-0.2, -0.15) is 5.10 Å². The maximum Gasteiger partial charge on any atom is 0.142 e. The van der Waals surface area contributed by atoms with E-state index in [1.807, 2.05) is 26.0 Å². The third kappa shape index (κ3) is 2.25. The Morgan fingerprint density at radius 3 is 2.33 bits per heavy atom. The smallest absolute Gasteiger partial charge is 0.142 e. The molecule has 0 aliphatic rings. The standard InChI is InChI=1S/C13H20N4O/c1-8(2)17-12(14)7-9(15-17)10-6-11(18-16-10)13(3,4)5/h6-8H,14H2,1-5H3. The first kappa shape index (κ1) is 12.7. The summed E-state index contributed by atoms with van der Waals surface area (Å²) < 4.78 is 7.13. The van der Waals surface area contributed by atoms with Crippen LogP contribution < -0.4 is 5.73 Å². The third-order valence-corrected chi connectivity index (χ3v) is 2.77. The molecule has 0 aliphatic carbocycles. The van der Waals surface area contributed by atoms with Crippen molar-refractivity contribution < 1.29 is 4.52 Å². The summed E-state index contributed by atoms with van der Waals surface area (Å²) in [6.07, 6.45) is 0. The van der Waals surface area contributed by atoms with Gasteiger partial charge in [-0.3, -0.25) is 0 Å². The highest BCUT2D eigenvalue weighted by molar-refractivity contribution is 5.58. The van der Waals surface area contributed by atoms with Gasteiger partial charge < -0.3 is 10.3 Å². The van der Waals surface area contributed by atoms with Crippen LogP contribution in [0.4, 0.5) is 5.82 Å². The number of nitrogen functional groups attached to an aromatic ring is 1. The van der Waals surface area contributed by atoms with Crippen LogP contribution in [-0.2, 0) is 5.41 Å². The molecule has 0 fully saturated rings. The van der Waals surface area contributed by atoms with Crippen LogP contribution >= 0.6 is 0 Å². The average molecular weight is 248 g/mol. The Hall–Kier alpha value is -1.78. The second-order valence-electron chi connectivity index (χ2n) is 5.82. The van der Waals surface area contributed by atoms with Crippen molar-refractivity contribution in [2.24, 2.45) is 0 Å². The van der Waals surface area contributed by atoms with Crippen molar-refractivity contribution in [3.63, 3.8) is 0 Å². The van der Waals surface area contributed by atoms with Crippen molar-refractivity contribution in [3.05, 3.63) is 17.9 Å². The van der Waals surface area contributed by atoms with Crippen molar-refractivity contribution in [1.29, 1.82) is 0 Å². The fourth-order valence-electron chi connectivity index (χ4n) is 1.70. The molecule has 2 aromatic rings. The molecule has 2 N–H and O–H groups in total. The molecular formula is C13H20N4O. The molecule has 2 heterocycles. The number of nitrogens with two attached hydrogens (primary N) is 1. The molecule has 0 amide bonds. The summed E-state index contributed by atoms with van der Waals surface area (Å²) in [4.78, 5) is 0. The molecule has 0 bridgehead atoms. The molecule has 2 aromatic heterocycles.